The summed E-state index contributed by atoms with van der Waals surface area (Å²) in [5.74, 6) is -0.516. The molecule has 132 valence electrons. The molecule has 4 nitrogen and oxygen atoms in total. The Morgan fingerprint density at radius 1 is 1.08 bits per heavy atom. The molecule has 0 unspecified atom stereocenters. The van der Waals surface area contributed by atoms with Crippen molar-refractivity contribution in [3.8, 4) is 0 Å². The van der Waals surface area contributed by atoms with Gasteiger partial charge in [0.05, 0.1) is 17.1 Å². The SMILES string of the molecule is O=C(CNC(=O)c1ccccc1Cl)NCC1(c2cccs2)CCCC1. The molecule has 1 saturated carbocycles. The summed E-state index contributed by atoms with van der Waals surface area (Å²) in [7, 11) is 0. The maximum atomic E-state index is 12.2. The first-order chi connectivity index (χ1) is 12.1. The van der Waals surface area contributed by atoms with E-state index in [-0.39, 0.29) is 23.8 Å². The van der Waals surface area contributed by atoms with Crippen LogP contribution < -0.4 is 10.6 Å². The first-order valence-corrected chi connectivity index (χ1v) is 9.70. The van der Waals surface area contributed by atoms with Crippen molar-refractivity contribution >= 4 is 34.8 Å². The van der Waals surface area contributed by atoms with Crippen LogP contribution in [0.2, 0.25) is 5.02 Å². The standard InChI is InChI=1S/C19H21ClN2O2S/c20-15-7-2-1-6-14(15)18(24)21-12-17(23)22-13-19(9-3-4-10-19)16-8-5-11-25-16/h1-2,5-8,11H,3-4,9-10,12-13H2,(H,21,24)(H,22,23). The van der Waals surface area contributed by atoms with Crippen LogP contribution in [-0.4, -0.2) is 24.9 Å². The summed E-state index contributed by atoms with van der Waals surface area (Å²) in [6.07, 6.45) is 4.58. The highest BCUT2D eigenvalue weighted by Gasteiger charge is 2.36. The molecular weight excluding hydrogens is 356 g/mol. The van der Waals surface area contributed by atoms with Crippen molar-refractivity contribution in [1.82, 2.24) is 10.6 Å². The summed E-state index contributed by atoms with van der Waals surface area (Å²) in [4.78, 5) is 25.6. The van der Waals surface area contributed by atoms with Crippen LogP contribution in [-0.2, 0) is 10.2 Å². The number of hydrogen-bond acceptors (Lipinski definition) is 3. The Kier molecular flexibility index (Phi) is 5.76. The van der Waals surface area contributed by atoms with Gasteiger partial charge in [0, 0.05) is 16.8 Å². The zero-order valence-corrected chi connectivity index (χ0v) is 15.5. The lowest BCUT2D eigenvalue weighted by Gasteiger charge is -2.28. The second kappa shape index (κ2) is 8.02. The maximum Gasteiger partial charge on any atom is 0.253 e. The Morgan fingerprint density at radius 2 is 1.84 bits per heavy atom. The van der Waals surface area contributed by atoms with Crippen LogP contribution in [0.3, 0.4) is 0 Å². The van der Waals surface area contributed by atoms with E-state index in [0.717, 1.165) is 12.8 Å². The number of benzene rings is 1. The van der Waals surface area contributed by atoms with E-state index in [0.29, 0.717) is 17.1 Å². The van der Waals surface area contributed by atoms with Crippen molar-refractivity contribution < 1.29 is 9.59 Å². The fourth-order valence-electron chi connectivity index (χ4n) is 3.37. The third-order valence-electron chi connectivity index (χ3n) is 4.76. The van der Waals surface area contributed by atoms with E-state index in [1.165, 1.54) is 17.7 Å². The Morgan fingerprint density at radius 3 is 2.52 bits per heavy atom. The molecule has 0 aliphatic heterocycles. The third-order valence-corrected chi connectivity index (χ3v) is 6.20. The minimum absolute atomic E-state index is 0.0510. The highest BCUT2D eigenvalue weighted by atomic mass is 35.5. The fraction of sp³-hybridized carbons (Fsp3) is 0.368. The first-order valence-electron chi connectivity index (χ1n) is 8.44. The highest BCUT2D eigenvalue weighted by molar-refractivity contribution is 7.10. The number of carbonyl (C=O) groups excluding carboxylic acids is 2. The van der Waals surface area contributed by atoms with Crippen LogP contribution in [0, 0.1) is 0 Å². The van der Waals surface area contributed by atoms with Gasteiger partial charge in [-0.15, -0.1) is 11.3 Å². The lowest BCUT2D eigenvalue weighted by atomic mass is 9.84. The molecule has 0 spiro atoms. The van der Waals surface area contributed by atoms with Crippen molar-refractivity contribution in [2.75, 3.05) is 13.1 Å². The van der Waals surface area contributed by atoms with Crippen molar-refractivity contribution in [3.63, 3.8) is 0 Å². The van der Waals surface area contributed by atoms with E-state index in [1.807, 2.05) is 0 Å². The van der Waals surface area contributed by atoms with E-state index < -0.39 is 0 Å². The Hall–Kier alpha value is -1.85. The lowest BCUT2D eigenvalue weighted by Crippen LogP contribution is -2.43. The quantitative estimate of drug-likeness (QED) is 0.806. The van der Waals surface area contributed by atoms with Crippen molar-refractivity contribution in [2.24, 2.45) is 0 Å². The summed E-state index contributed by atoms with van der Waals surface area (Å²) in [5.41, 5.74) is 0.430. The lowest BCUT2D eigenvalue weighted by molar-refractivity contribution is -0.120. The molecule has 2 amide bonds. The van der Waals surface area contributed by atoms with Gasteiger partial charge in [0.2, 0.25) is 5.91 Å². The van der Waals surface area contributed by atoms with Gasteiger partial charge in [-0.1, -0.05) is 42.6 Å². The average Bonchev–Trinajstić information content (AvgIpc) is 3.30. The van der Waals surface area contributed by atoms with Gasteiger partial charge in [-0.2, -0.15) is 0 Å². The molecule has 2 N–H and O–H groups in total. The van der Waals surface area contributed by atoms with Crippen LogP contribution in [0.5, 0.6) is 0 Å². The fourth-order valence-corrected chi connectivity index (χ4v) is 4.58. The summed E-state index contributed by atoms with van der Waals surface area (Å²) in [6, 6.07) is 11.0. The second-order valence-corrected chi connectivity index (χ2v) is 7.76. The molecule has 1 aromatic heterocycles. The van der Waals surface area contributed by atoms with Crippen LogP contribution in [0.15, 0.2) is 41.8 Å². The zero-order valence-electron chi connectivity index (χ0n) is 13.9. The summed E-state index contributed by atoms with van der Waals surface area (Å²) < 4.78 is 0. The van der Waals surface area contributed by atoms with Crippen molar-refractivity contribution in [1.29, 1.82) is 0 Å². The molecule has 0 radical (unpaired) electrons. The number of thiophene rings is 1. The number of rotatable bonds is 6. The molecule has 3 rings (SSSR count). The smallest absolute Gasteiger partial charge is 0.253 e. The highest BCUT2D eigenvalue weighted by Crippen LogP contribution is 2.42. The molecule has 1 heterocycles. The monoisotopic (exact) mass is 376 g/mol. The third kappa shape index (κ3) is 4.22. The Balaban J connectivity index is 1.53. The number of nitrogens with one attached hydrogen (secondary N) is 2. The molecule has 0 bridgehead atoms. The molecule has 1 fully saturated rings. The van der Waals surface area contributed by atoms with Gasteiger partial charge in [0.25, 0.3) is 5.91 Å². The van der Waals surface area contributed by atoms with Gasteiger partial charge >= 0.3 is 0 Å². The first kappa shape index (κ1) is 18.0. The molecule has 2 aromatic rings. The summed E-state index contributed by atoms with van der Waals surface area (Å²) in [6.45, 7) is 0.568. The number of carbonyl (C=O) groups is 2. The van der Waals surface area contributed by atoms with Crippen LogP contribution in [0.1, 0.15) is 40.9 Å². The Bertz CT molecular complexity index is 740. The van der Waals surface area contributed by atoms with E-state index in [1.54, 1.807) is 35.6 Å². The van der Waals surface area contributed by atoms with Crippen LogP contribution in [0.4, 0.5) is 0 Å². The number of hydrogen-bond donors (Lipinski definition) is 2. The maximum absolute atomic E-state index is 12.2. The van der Waals surface area contributed by atoms with E-state index in [9.17, 15) is 9.59 Å². The molecule has 6 heteroatoms. The van der Waals surface area contributed by atoms with Crippen molar-refractivity contribution in [3.05, 3.63) is 57.2 Å². The van der Waals surface area contributed by atoms with E-state index >= 15 is 0 Å². The largest absolute Gasteiger partial charge is 0.354 e. The summed E-state index contributed by atoms with van der Waals surface area (Å²) >= 11 is 7.75. The second-order valence-electron chi connectivity index (χ2n) is 6.40. The number of halogens is 1. The molecule has 0 saturated heterocycles. The summed E-state index contributed by atoms with van der Waals surface area (Å²) in [5, 5.41) is 8.09. The minimum atomic E-state index is -0.338. The molecule has 1 aliphatic carbocycles. The predicted molar refractivity (Wildman–Crippen MR) is 101 cm³/mol. The van der Waals surface area contributed by atoms with Crippen LogP contribution >= 0.6 is 22.9 Å². The van der Waals surface area contributed by atoms with Gasteiger partial charge < -0.3 is 10.6 Å². The molecule has 1 aromatic carbocycles. The topological polar surface area (TPSA) is 58.2 Å². The van der Waals surface area contributed by atoms with Gasteiger partial charge in [-0.3, -0.25) is 9.59 Å². The molecule has 0 atom stereocenters. The van der Waals surface area contributed by atoms with Gasteiger partial charge in [0.1, 0.15) is 0 Å². The van der Waals surface area contributed by atoms with Gasteiger partial charge in [-0.05, 0) is 36.4 Å². The van der Waals surface area contributed by atoms with Gasteiger partial charge in [-0.25, -0.2) is 0 Å². The number of amides is 2. The van der Waals surface area contributed by atoms with Gasteiger partial charge in [0.15, 0.2) is 0 Å². The normalized spacial score (nSPS) is 15.7. The van der Waals surface area contributed by atoms with E-state index in [4.69, 9.17) is 11.6 Å². The van der Waals surface area contributed by atoms with E-state index in [2.05, 4.69) is 28.1 Å². The minimum Gasteiger partial charge on any atom is -0.354 e. The molecular formula is C19H21ClN2O2S. The predicted octanol–water partition coefficient (Wildman–Crippen LogP) is 3.76. The van der Waals surface area contributed by atoms with Crippen LogP contribution in [0.25, 0.3) is 0 Å². The molecule has 25 heavy (non-hydrogen) atoms. The van der Waals surface area contributed by atoms with Crippen molar-refractivity contribution in [2.45, 2.75) is 31.1 Å². The average molecular weight is 377 g/mol. The molecule has 1 aliphatic rings. The zero-order chi connectivity index (χ0) is 17.7. The Labute approximate surface area is 156 Å².